The number of hydrogen-bond donors (Lipinski definition) is 1. The molecule has 0 saturated heterocycles. The monoisotopic (exact) mass is 377 g/mol. The van der Waals surface area contributed by atoms with Crippen molar-refractivity contribution in [3.8, 4) is 33.8 Å². The van der Waals surface area contributed by atoms with Gasteiger partial charge < -0.3 is 10.5 Å². The highest BCUT2D eigenvalue weighted by molar-refractivity contribution is 5.85. The van der Waals surface area contributed by atoms with E-state index < -0.39 is 0 Å². The lowest BCUT2D eigenvalue weighted by Gasteiger charge is -2.13. The summed E-state index contributed by atoms with van der Waals surface area (Å²) in [5, 5.41) is 0. The maximum Gasteiger partial charge on any atom is 0.130 e. The zero-order chi connectivity index (χ0) is 20.0. The van der Waals surface area contributed by atoms with Crippen molar-refractivity contribution >= 4 is 5.69 Å². The fourth-order valence-electron chi connectivity index (χ4n) is 4.17. The molecule has 4 aromatic carbocycles. The highest BCUT2D eigenvalue weighted by Crippen LogP contribution is 2.42. The Morgan fingerprint density at radius 3 is 2.34 bits per heavy atom. The van der Waals surface area contributed by atoms with Crippen LogP contribution in [0.25, 0.3) is 22.3 Å². The third-order valence-corrected chi connectivity index (χ3v) is 5.82. The summed E-state index contributed by atoms with van der Waals surface area (Å²) < 4.78 is 6.10. The first-order chi connectivity index (χ1) is 14.1. The molecule has 29 heavy (non-hydrogen) atoms. The summed E-state index contributed by atoms with van der Waals surface area (Å²) in [6.45, 7) is 4.09. The minimum absolute atomic E-state index is 0.746. The molecule has 4 aromatic rings. The zero-order valence-corrected chi connectivity index (χ0v) is 16.7. The Labute approximate surface area is 171 Å². The minimum atomic E-state index is 0.746. The number of anilines is 1. The van der Waals surface area contributed by atoms with Crippen LogP contribution in [0.15, 0.2) is 78.9 Å². The molecule has 142 valence electrons. The van der Waals surface area contributed by atoms with Gasteiger partial charge in [-0.25, -0.2) is 0 Å². The molecule has 0 amide bonds. The molecule has 0 atom stereocenters. The molecule has 0 saturated carbocycles. The number of nitrogen functional groups attached to an aromatic ring is 1. The van der Waals surface area contributed by atoms with E-state index in [2.05, 4.69) is 67.6 Å². The predicted molar refractivity (Wildman–Crippen MR) is 121 cm³/mol. The van der Waals surface area contributed by atoms with Crippen molar-refractivity contribution in [2.24, 2.45) is 0 Å². The Morgan fingerprint density at radius 1 is 0.724 bits per heavy atom. The van der Waals surface area contributed by atoms with Crippen molar-refractivity contribution < 1.29 is 4.74 Å². The lowest BCUT2D eigenvalue weighted by Crippen LogP contribution is -1.93. The van der Waals surface area contributed by atoms with Crippen LogP contribution < -0.4 is 10.5 Å². The Balaban J connectivity index is 1.50. The van der Waals surface area contributed by atoms with Gasteiger partial charge >= 0.3 is 0 Å². The minimum Gasteiger partial charge on any atom is -0.457 e. The maximum atomic E-state index is 6.10. The molecule has 0 spiro atoms. The van der Waals surface area contributed by atoms with Crippen molar-refractivity contribution in [3.05, 3.63) is 101 Å². The molecule has 2 N–H and O–H groups in total. The number of hydrogen-bond acceptors (Lipinski definition) is 2. The van der Waals surface area contributed by atoms with Crippen LogP contribution in [0.3, 0.4) is 0 Å². The summed E-state index contributed by atoms with van der Waals surface area (Å²) in [4.78, 5) is 0. The molecule has 1 aliphatic rings. The first-order valence-corrected chi connectivity index (χ1v) is 9.95. The smallest absolute Gasteiger partial charge is 0.130 e. The Kier molecular flexibility index (Phi) is 4.13. The SMILES string of the molecule is Cc1ccc(Oc2ccc(-c3cccc4c3Cc3ccccc3-4)cc2C)cc1N. The van der Waals surface area contributed by atoms with E-state index in [1.807, 2.05) is 25.1 Å². The first kappa shape index (κ1) is 17.6. The van der Waals surface area contributed by atoms with Gasteiger partial charge in [-0.2, -0.15) is 0 Å². The highest BCUT2D eigenvalue weighted by Gasteiger charge is 2.21. The van der Waals surface area contributed by atoms with Gasteiger partial charge in [0.2, 0.25) is 0 Å². The summed E-state index contributed by atoms with van der Waals surface area (Å²) in [6.07, 6.45) is 0.988. The van der Waals surface area contributed by atoms with Gasteiger partial charge in [-0.15, -0.1) is 0 Å². The van der Waals surface area contributed by atoms with Crippen molar-refractivity contribution in [1.82, 2.24) is 0 Å². The topological polar surface area (TPSA) is 35.2 Å². The molecule has 0 bridgehead atoms. The van der Waals surface area contributed by atoms with Gasteiger partial charge in [0.25, 0.3) is 0 Å². The summed E-state index contributed by atoms with van der Waals surface area (Å²) in [7, 11) is 0. The second-order valence-electron chi connectivity index (χ2n) is 7.77. The van der Waals surface area contributed by atoms with Crippen LogP contribution >= 0.6 is 0 Å². The van der Waals surface area contributed by atoms with Crippen molar-refractivity contribution in [1.29, 1.82) is 0 Å². The first-order valence-electron chi connectivity index (χ1n) is 9.95. The van der Waals surface area contributed by atoms with E-state index in [1.54, 1.807) is 0 Å². The van der Waals surface area contributed by atoms with Crippen LogP contribution in [0.4, 0.5) is 5.69 Å². The fourth-order valence-corrected chi connectivity index (χ4v) is 4.17. The molecule has 2 nitrogen and oxygen atoms in total. The summed E-state index contributed by atoms with van der Waals surface area (Å²) in [5.41, 5.74) is 17.0. The van der Waals surface area contributed by atoms with Gasteiger partial charge in [-0.1, -0.05) is 54.6 Å². The summed E-state index contributed by atoms with van der Waals surface area (Å²) >= 11 is 0. The van der Waals surface area contributed by atoms with Crippen molar-refractivity contribution in [2.75, 3.05) is 5.73 Å². The summed E-state index contributed by atoms with van der Waals surface area (Å²) in [5.74, 6) is 1.62. The molecule has 0 aromatic heterocycles. The second-order valence-corrected chi connectivity index (χ2v) is 7.77. The molecular weight excluding hydrogens is 354 g/mol. The van der Waals surface area contributed by atoms with Crippen LogP contribution in [0.1, 0.15) is 22.3 Å². The number of benzene rings is 4. The van der Waals surface area contributed by atoms with E-state index in [4.69, 9.17) is 10.5 Å². The Morgan fingerprint density at radius 2 is 1.52 bits per heavy atom. The third-order valence-electron chi connectivity index (χ3n) is 5.82. The molecule has 0 unspecified atom stereocenters. The van der Waals surface area contributed by atoms with Crippen molar-refractivity contribution in [2.45, 2.75) is 20.3 Å². The molecule has 5 rings (SSSR count). The Hall–Kier alpha value is -3.52. The number of aryl methyl sites for hydroxylation is 2. The van der Waals surface area contributed by atoms with Crippen LogP contribution in [-0.2, 0) is 6.42 Å². The van der Waals surface area contributed by atoms with E-state index in [9.17, 15) is 0 Å². The average Bonchev–Trinajstić information content (AvgIpc) is 3.11. The van der Waals surface area contributed by atoms with Gasteiger partial charge in [0.05, 0.1) is 0 Å². The van der Waals surface area contributed by atoms with Crippen LogP contribution in [0.2, 0.25) is 0 Å². The van der Waals surface area contributed by atoms with Gasteiger partial charge in [0, 0.05) is 11.8 Å². The molecule has 0 fully saturated rings. The zero-order valence-electron chi connectivity index (χ0n) is 16.7. The Bertz CT molecular complexity index is 1240. The predicted octanol–water partition coefficient (Wildman–Crippen LogP) is 6.92. The lowest BCUT2D eigenvalue weighted by molar-refractivity contribution is 0.479. The fraction of sp³-hybridized carbons (Fsp3) is 0.111. The van der Waals surface area contributed by atoms with Gasteiger partial charge in [0.15, 0.2) is 0 Å². The third kappa shape index (κ3) is 3.07. The molecule has 2 heteroatoms. The normalized spacial score (nSPS) is 11.8. The highest BCUT2D eigenvalue weighted by atomic mass is 16.5. The standard InChI is InChI=1S/C27H23NO/c1-17-10-12-21(16-26(17)28)29-27-13-11-20(14-18(27)2)23-8-5-9-24-22-7-4-3-6-19(22)15-25(23)24/h3-14,16H,15,28H2,1-2H3. The van der Waals surface area contributed by atoms with Gasteiger partial charge in [0.1, 0.15) is 11.5 Å². The number of ether oxygens (including phenoxy) is 1. The molecule has 0 radical (unpaired) electrons. The summed E-state index contributed by atoms with van der Waals surface area (Å²) in [6, 6.07) is 27.6. The van der Waals surface area contributed by atoms with Crippen LogP contribution in [-0.4, -0.2) is 0 Å². The second kappa shape index (κ2) is 6.82. The number of nitrogens with two attached hydrogens (primary N) is 1. The van der Waals surface area contributed by atoms with Gasteiger partial charge in [-0.05, 0) is 83.0 Å². The molecule has 0 heterocycles. The number of rotatable bonds is 3. The van der Waals surface area contributed by atoms with E-state index >= 15 is 0 Å². The van der Waals surface area contributed by atoms with Gasteiger partial charge in [-0.3, -0.25) is 0 Å². The quantitative estimate of drug-likeness (QED) is 0.346. The molecular formula is C27H23NO. The molecule has 0 aliphatic heterocycles. The van der Waals surface area contributed by atoms with Crippen molar-refractivity contribution in [3.63, 3.8) is 0 Å². The largest absolute Gasteiger partial charge is 0.457 e. The average molecular weight is 377 g/mol. The van der Waals surface area contributed by atoms with Crippen LogP contribution in [0.5, 0.6) is 11.5 Å². The van der Waals surface area contributed by atoms with E-state index in [0.29, 0.717) is 0 Å². The molecule has 1 aliphatic carbocycles. The lowest BCUT2D eigenvalue weighted by atomic mass is 9.94. The van der Waals surface area contributed by atoms with Crippen LogP contribution in [0, 0.1) is 13.8 Å². The van der Waals surface area contributed by atoms with E-state index in [-0.39, 0.29) is 0 Å². The van der Waals surface area contributed by atoms with E-state index in [1.165, 1.54) is 33.4 Å². The van der Waals surface area contributed by atoms with E-state index in [0.717, 1.165) is 34.7 Å². The number of fused-ring (bicyclic) bond motifs is 3. The maximum absolute atomic E-state index is 6.10.